The van der Waals surface area contributed by atoms with Gasteiger partial charge in [0.25, 0.3) is 0 Å². The fraction of sp³-hybridized carbons (Fsp3) is 0.621. The summed E-state index contributed by atoms with van der Waals surface area (Å²) in [5, 5.41) is 0. The number of rotatable bonds is 6. The Balaban J connectivity index is 1.16. The quantitative estimate of drug-likeness (QED) is 0.552. The van der Waals surface area contributed by atoms with Crippen molar-refractivity contribution in [3.8, 4) is 0 Å². The Morgan fingerprint density at radius 2 is 1.83 bits per heavy atom. The Morgan fingerprint density at radius 3 is 2.57 bits per heavy atom. The second-order valence-electron chi connectivity index (χ2n) is 11.1. The van der Waals surface area contributed by atoms with E-state index in [4.69, 9.17) is 24.9 Å². The third kappa shape index (κ3) is 4.88. The van der Waals surface area contributed by atoms with Crippen molar-refractivity contribution >= 4 is 16.9 Å². The SMILES string of the molecule is NC(Cc1ccc(C2=CCC3(CC2)OCCO3)s1)CC1(c2ccccn2)CCOC2(CCCC2)C1. The van der Waals surface area contributed by atoms with Crippen molar-refractivity contribution in [3.05, 3.63) is 58.1 Å². The van der Waals surface area contributed by atoms with E-state index >= 15 is 0 Å². The van der Waals surface area contributed by atoms with Crippen LogP contribution in [0.15, 0.2) is 42.6 Å². The molecule has 188 valence electrons. The lowest BCUT2D eigenvalue weighted by Crippen LogP contribution is -2.49. The van der Waals surface area contributed by atoms with E-state index in [1.165, 1.54) is 46.7 Å². The van der Waals surface area contributed by atoms with Gasteiger partial charge >= 0.3 is 0 Å². The predicted molar refractivity (Wildman–Crippen MR) is 139 cm³/mol. The second-order valence-corrected chi connectivity index (χ2v) is 12.3. The molecule has 1 saturated carbocycles. The van der Waals surface area contributed by atoms with Crippen molar-refractivity contribution in [2.75, 3.05) is 19.8 Å². The van der Waals surface area contributed by atoms with Crippen molar-refractivity contribution < 1.29 is 14.2 Å². The first-order valence-corrected chi connectivity index (χ1v) is 14.3. The number of hydrogen-bond acceptors (Lipinski definition) is 6. The summed E-state index contributed by atoms with van der Waals surface area (Å²) in [7, 11) is 0. The fourth-order valence-electron chi connectivity index (χ4n) is 7.02. The van der Waals surface area contributed by atoms with Gasteiger partial charge in [-0.2, -0.15) is 0 Å². The highest BCUT2D eigenvalue weighted by Crippen LogP contribution is 2.50. The Hall–Kier alpha value is -1.57. The topological polar surface area (TPSA) is 66.6 Å². The molecule has 2 N–H and O–H groups in total. The van der Waals surface area contributed by atoms with E-state index in [0.29, 0.717) is 0 Å². The lowest BCUT2D eigenvalue weighted by molar-refractivity contribution is -0.159. The first kappa shape index (κ1) is 23.8. The Kier molecular flexibility index (Phi) is 6.61. The van der Waals surface area contributed by atoms with E-state index in [1.807, 2.05) is 23.6 Å². The van der Waals surface area contributed by atoms with Crippen LogP contribution in [-0.4, -0.2) is 42.2 Å². The third-order valence-corrected chi connectivity index (χ3v) is 9.90. The molecule has 4 aliphatic rings. The summed E-state index contributed by atoms with van der Waals surface area (Å²) in [6, 6.07) is 11.0. The highest BCUT2D eigenvalue weighted by atomic mass is 32.1. The zero-order valence-electron chi connectivity index (χ0n) is 20.7. The van der Waals surface area contributed by atoms with Gasteiger partial charge in [-0.05, 0) is 74.8 Å². The summed E-state index contributed by atoms with van der Waals surface area (Å²) in [6.07, 6.45) is 15.9. The Bertz CT molecular complexity index is 1040. The molecule has 2 aromatic heterocycles. The molecule has 2 aliphatic heterocycles. The van der Waals surface area contributed by atoms with E-state index < -0.39 is 0 Å². The summed E-state index contributed by atoms with van der Waals surface area (Å²) >= 11 is 1.90. The standard InChI is InChI=1S/C29H38N2O3S/c30-23(19-24-6-7-25(35-24)22-8-12-29(13-9-22)33-17-18-34-29)20-27(26-5-1-4-15-31-26)14-16-32-28(21-27)10-2-3-11-28/h1,4-8,15,23H,2-3,9-14,16-21,30H2. The van der Waals surface area contributed by atoms with Gasteiger partial charge in [0.15, 0.2) is 5.79 Å². The van der Waals surface area contributed by atoms with E-state index in [1.54, 1.807) is 0 Å². The minimum Gasteiger partial charge on any atom is -0.375 e. The zero-order valence-corrected chi connectivity index (χ0v) is 21.5. The summed E-state index contributed by atoms with van der Waals surface area (Å²) in [4.78, 5) is 7.59. The molecule has 2 aromatic rings. The van der Waals surface area contributed by atoms with Gasteiger partial charge in [-0.25, -0.2) is 0 Å². The van der Waals surface area contributed by atoms with E-state index in [0.717, 1.165) is 64.8 Å². The molecule has 6 heteroatoms. The lowest BCUT2D eigenvalue weighted by atomic mass is 9.66. The average molecular weight is 495 g/mol. The van der Waals surface area contributed by atoms with Gasteiger partial charge in [0.1, 0.15) is 0 Å². The zero-order chi connectivity index (χ0) is 23.8. The minimum atomic E-state index is -0.355. The first-order chi connectivity index (χ1) is 17.1. The number of ether oxygens (including phenoxy) is 3. The van der Waals surface area contributed by atoms with Gasteiger partial charge < -0.3 is 19.9 Å². The maximum absolute atomic E-state index is 6.90. The van der Waals surface area contributed by atoms with Crippen LogP contribution in [0.1, 0.15) is 79.7 Å². The number of allylic oxidation sites excluding steroid dienone is 1. The maximum Gasteiger partial charge on any atom is 0.172 e. The smallest absolute Gasteiger partial charge is 0.172 e. The summed E-state index contributed by atoms with van der Waals surface area (Å²) in [5.41, 5.74) is 9.57. The number of nitrogens with two attached hydrogens (primary N) is 1. The number of thiophene rings is 1. The molecular weight excluding hydrogens is 456 g/mol. The van der Waals surface area contributed by atoms with Gasteiger partial charge in [-0.3, -0.25) is 4.98 Å². The highest BCUT2D eigenvalue weighted by Gasteiger charge is 2.49. The number of hydrogen-bond donors (Lipinski definition) is 1. The van der Waals surface area contributed by atoms with Crippen molar-refractivity contribution in [2.45, 2.75) is 93.5 Å². The van der Waals surface area contributed by atoms with Gasteiger partial charge in [0.2, 0.25) is 0 Å². The van der Waals surface area contributed by atoms with Gasteiger partial charge in [0, 0.05) is 52.6 Å². The number of pyridine rings is 1. The Morgan fingerprint density at radius 1 is 0.971 bits per heavy atom. The average Bonchev–Trinajstić information content (AvgIpc) is 3.63. The number of aromatic nitrogens is 1. The van der Waals surface area contributed by atoms with E-state index in [-0.39, 0.29) is 22.8 Å². The van der Waals surface area contributed by atoms with Crippen molar-refractivity contribution in [1.82, 2.24) is 4.98 Å². The summed E-state index contributed by atoms with van der Waals surface area (Å²) in [6.45, 7) is 2.25. The Labute approximate surface area is 213 Å². The van der Waals surface area contributed by atoms with E-state index in [2.05, 4.69) is 30.3 Å². The van der Waals surface area contributed by atoms with Crippen LogP contribution >= 0.6 is 11.3 Å². The van der Waals surface area contributed by atoms with Crippen LogP contribution in [0.4, 0.5) is 0 Å². The molecule has 2 aliphatic carbocycles. The summed E-state index contributed by atoms with van der Waals surface area (Å²) < 4.78 is 18.2. The van der Waals surface area contributed by atoms with Crippen LogP contribution in [0.2, 0.25) is 0 Å². The van der Waals surface area contributed by atoms with Crippen LogP contribution in [0.25, 0.3) is 5.57 Å². The van der Waals surface area contributed by atoms with Gasteiger partial charge in [0.05, 0.1) is 18.8 Å². The molecule has 5 nitrogen and oxygen atoms in total. The van der Waals surface area contributed by atoms with Crippen molar-refractivity contribution in [2.24, 2.45) is 5.73 Å². The lowest BCUT2D eigenvalue weighted by Gasteiger charge is -2.47. The molecule has 2 saturated heterocycles. The van der Waals surface area contributed by atoms with Crippen LogP contribution in [0.3, 0.4) is 0 Å². The molecular formula is C29H38N2O3S. The molecule has 2 spiro atoms. The normalized spacial score (nSPS) is 28.4. The molecule has 0 bridgehead atoms. The molecule has 35 heavy (non-hydrogen) atoms. The summed E-state index contributed by atoms with van der Waals surface area (Å²) in [5.74, 6) is -0.355. The molecule has 6 rings (SSSR count). The predicted octanol–water partition coefficient (Wildman–Crippen LogP) is 5.77. The minimum absolute atomic E-state index is 0.00482. The second kappa shape index (κ2) is 9.71. The van der Waals surface area contributed by atoms with Crippen LogP contribution < -0.4 is 5.73 Å². The first-order valence-electron chi connectivity index (χ1n) is 13.5. The largest absolute Gasteiger partial charge is 0.375 e. The molecule has 0 amide bonds. The third-order valence-electron chi connectivity index (χ3n) is 8.72. The molecule has 0 aromatic carbocycles. The molecule has 0 radical (unpaired) electrons. The highest BCUT2D eigenvalue weighted by molar-refractivity contribution is 7.13. The molecule has 2 unspecified atom stereocenters. The molecule has 4 heterocycles. The van der Waals surface area contributed by atoms with Crippen molar-refractivity contribution in [1.29, 1.82) is 0 Å². The molecule has 3 fully saturated rings. The van der Waals surface area contributed by atoms with Gasteiger partial charge in [-0.15, -0.1) is 11.3 Å². The van der Waals surface area contributed by atoms with Crippen molar-refractivity contribution in [3.63, 3.8) is 0 Å². The van der Waals surface area contributed by atoms with E-state index in [9.17, 15) is 0 Å². The van der Waals surface area contributed by atoms with Crippen LogP contribution in [0, 0.1) is 0 Å². The van der Waals surface area contributed by atoms with Crippen LogP contribution in [0.5, 0.6) is 0 Å². The monoisotopic (exact) mass is 494 g/mol. The molecule has 2 atom stereocenters. The number of nitrogens with zero attached hydrogens (tertiary/aromatic N) is 1. The van der Waals surface area contributed by atoms with Crippen LogP contribution in [-0.2, 0) is 26.0 Å². The van der Waals surface area contributed by atoms with Gasteiger partial charge in [-0.1, -0.05) is 25.0 Å². The maximum atomic E-state index is 6.90. The fourth-order valence-corrected chi connectivity index (χ4v) is 8.19.